The molecule has 0 radical (unpaired) electrons. The van der Waals surface area contributed by atoms with E-state index in [0.29, 0.717) is 11.8 Å². The van der Waals surface area contributed by atoms with Crippen LogP contribution in [-0.2, 0) is 4.79 Å². The molecular weight excluding hydrogens is 248 g/mol. The summed E-state index contributed by atoms with van der Waals surface area (Å²) in [5.74, 6) is 0.500. The first-order valence-electron chi connectivity index (χ1n) is 8.43. The van der Waals surface area contributed by atoms with Crippen LogP contribution in [0.25, 0.3) is 0 Å². The summed E-state index contributed by atoms with van der Waals surface area (Å²) >= 11 is 0. The van der Waals surface area contributed by atoms with Crippen LogP contribution in [0.1, 0.15) is 57.8 Å². The molecule has 0 aromatic rings. The van der Waals surface area contributed by atoms with Crippen LogP contribution in [0.15, 0.2) is 12.7 Å². The van der Waals surface area contributed by atoms with Gasteiger partial charge in [-0.1, -0.05) is 12.5 Å². The Balaban J connectivity index is 1.74. The lowest BCUT2D eigenvalue weighted by atomic mass is 9.99. The van der Waals surface area contributed by atoms with Gasteiger partial charge in [0.05, 0.1) is 6.04 Å². The van der Waals surface area contributed by atoms with E-state index in [1.165, 1.54) is 25.7 Å². The molecule has 1 unspecified atom stereocenters. The molecule has 0 amide bonds. The second-order valence-electron chi connectivity index (χ2n) is 6.23. The van der Waals surface area contributed by atoms with Gasteiger partial charge in [-0.15, -0.1) is 6.58 Å². The summed E-state index contributed by atoms with van der Waals surface area (Å²) in [5, 5.41) is 3.42. The highest BCUT2D eigenvalue weighted by molar-refractivity contribution is 5.84. The summed E-state index contributed by atoms with van der Waals surface area (Å²) < 4.78 is 0. The molecule has 20 heavy (non-hydrogen) atoms. The fourth-order valence-corrected chi connectivity index (χ4v) is 3.64. The topological polar surface area (TPSA) is 32.3 Å². The lowest BCUT2D eigenvalue weighted by Gasteiger charge is -2.35. The fourth-order valence-electron chi connectivity index (χ4n) is 3.64. The number of nitrogens with one attached hydrogen (secondary N) is 1. The Morgan fingerprint density at radius 2 is 2.00 bits per heavy atom. The summed E-state index contributed by atoms with van der Waals surface area (Å²) in [6, 6.07) is 0.881. The normalized spacial score (nSPS) is 24.9. The van der Waals surface area contributed by atoms with Gasteiger partial charge in [-0.3, -0.25) is 9.69 Å². The molecule has 0 spiro atoms. The molecule has 2 aliphatic heterocycles. The van der Waals surface area contributed by atoms with Crippen molar-refractivity contribution in [3.05, 3.63) is 12.7 Å². The maximum Gasteiger partial charge on any atom is 0.149 e. The number of unbranched alkanes of at least 4 members (excludes halogenated alkanes) is 3. The van der Waals surface area contributed by atoms with E-state index in [0.717, 1.165) is 51.7 Å². The predicted molar refractivity (Wildman–Crippen MR) is 83.9 cm³/mol. The number of rotatable bonds is 8. The van der Waals surface area contributed by atoms with Crippen molar-refractivity contribution in [1.29, 1.82) is 0 Å². The van der Waals surface area contributed by atoms with Gasteiger partial charge in [0.15, 0.2) is 0 Å². The summed E-state index contributed by atoms with van der Waals surface area (Å²) in [4.78, 5) is 15.0. The van der Waals surface area contributed by atoms with Crippen LogP contribution in [0.4, 0.5) is 0 Å². The summed E-state index contributed by atoms with van der Waals surface area (Å²) in [6.07, 6.45) is 12.0. The van der Waals surface area contributed by atoms with Crippen molar-refractivity contribution in [2.24, 2.45) is 0 Å². The van der Waals surface area contributed by atoms with Crippen LogP contribution in [0.3, 0.4) is 0 Å². The van der Waals surface area contributed by atoms with Gasteiger partial charge in [0.25, 0.3) is 0 Å². The van der Waals surface area contributed by atoms with E-state index in [2.05, 4.69) is 16.8 Å². The maximum atomic E-state index is 12.5. The highest BCUT2D eigenvalue weighted by atomic mass is 16.1. The molecule has 0 bridgehead atoms. The van der Waals surface area contributed by atoms with E-state index in [-0.39, 0.29) is 6.04 Å². The van der Waals surface area contributed by atoms with Crippen molar-refractivity contribution in [2.45, 2.75) is 69.9 Å². The molecule has 0 saturated carbocycles. The van der Waals surface area contributed by atoms with Gasteiger partial charge in [0, 0.05) is 12.5 Å². The number of hydrogen-bond donors (Lipinski definition) is 1. The molecule has 2 aliphatic rings. The van der Waals surface area contributed by atoms with Crippen molar-refractivity contribution in [2.75, 3.05) is 19.6 Å². The monoisotopic (exact) mass is 278 g/mol. The average molecular weight is 278 g/mol. The maximum absolute atomic E-state index is 12.5. The third-order valence-corrected chi connectivity index (χ3v) is 4.77. The Kier molecular flexibility index (Phi) is 6.74. The number of carbonyl (C=O) groups excluding carboxylic acids is 1. The minimum Gasteiger partial charge on any atom is -0.317 e. The Labute approximate surface area is 123 Å². The van der Waals surface area contributed by atoms with E-state index in [4.69, 9.17) is 0 Å². The van der Waals surface area contributed by atoms with E-state index < -0.39 is 0 Å². The molecule has 3 heteroatoms. The van der Waals surface area contributed by atoms with Crippen LogP contribution >= 0.6 is 0 Å². The van der Waals surface area contributed by atoms with Gasteiger partial charge < -0.3 is 5.32 Å². The van der Waals surface area contributed by atoms with Crippen LogP contribution in [0, 0.1) is 0 Å². The van der Waals surface area contributed by atoms with Crippen molar-refractivity contribution in [3.63, 3.8) is 0 Å². The molecule has 2 fully saturated rings. The molecule has 0 aliphatic carbocycles. The molecule has 1 N–H and O–H groups in total. The molecule has 0 aromatic carbocycles. The Hall–Kier alpha value is -0.670. The second-order valence-corrected chi connectivity index (χ2v) is 6.23. The van der Waals surface area contributed by atoms with E-state index >= 15 is 0 Å². The molecule has 3 nitrogen and oxygen atoms in total. The van der Waals surface area contributed by atoms with Crippen LogP contribution in [-0.4, -0.2) is 42.4 Å². The van der Waals surface area contributed by atoms with Gasteiger partial charge in [-0.05, 0) is 64.6 Å². The van der Waals surface area contributed by atoms with Gasteiger partial charge in [-0.2, -0.15) is 0 Å². The number of ketones is 1. The number of Topliss-reactive ketones (excluding diaryl/α,β-unsaturated/α-hetero) is 1. The number of carbonyl (C=O) groups is 1. The quantitative estimate of drug-likeness (QED) is 0.547. The first kappa shape index (κ1) is 15.7. The number of likely N-dealkylation sites (tertiary alicyclic amines) is 1. The largest absolute Gasteiger partial charge is 0.317 e. The zero-order valence-corrected chi connectivity index (χ0v) is 12.8. The lowest BCUT2D eigenvalue weighted by Crippen LogP contribution is -2.47. The van der Waals surface area contributed by atoms with Gasteiger partial charge in [-0.25, -0.2) is 0 Å². The minimum atomic E-state index is 0.234. The first-order valence-corrected chi connectivity index (χ1v) is 8.43. The lowest BCUT2D eigenvalue weighted by molar-refractivity contribution is -0.124. The highest BCUT2D eigenvalue weighted by Gasteiger charge is 2.34. The fraction of sp³-hybridized carbons (Fsp3) is 0.824. The predicted octanol–water partition coefficient (Wildman–Crippen LogP) is 2.91. The van der Waals surface area contributed by atoms with E-state index in [1.54, 1.807) is 0 Å². The van der Waals surface area contributed by atoms with Crippen molar-refractivity contribution >= 4 is 5.78 Å². The minimum absolute atomic E-state index is 0.234. The standard InChI is InChI=1S/C17H30N2O/c1-2-3-4-5-6-9-17(20)16-8-7-14-19(16)15-10-12-18-13-11-15/h2,15-16,18H,1,3-14H2. The van der Waals surface area contributed by atoms with Crippen LogP contribution < -0.4 is 5.32 Å². The highest BCUT2D eigenvalue weighted by Crippen LogP contribution is 2.26. The smallest absolute Gasteiger partial charge is 0.149 e. The Bertz CT molecular complexity index is 310. The molecular formula is C17H30N2O. The number of allylic oxidation sites excluding steroid dienone is 1. The van der Waals surface area contributed by atoms with E-state index in [1.807, 2.05) is 6.08 Å². The number of nitrogens with zero attached hydrogens (tertiary/aromatic N) is 1. The van der Waals surface area contributed by atoms with Gasteiger partial charge in [0.1, 0.15) is 5.78 Å². The third kappa shape index (κ3) is 4.42. The Morgan fingerprint density at radius 1 is 1.20 bits per heavy atom. The van der Waals surface area contributed by atoms with Crippen molar-refractivity contribution < 1.29 is 4.79 Å². The van der Waals surface area contributed by atoms with Crippen molar-refractivity contribution in [1.82, 2.24) is 10.2 Å². The second kappa shape index (κ2) is 8.58. The summed E-state index contributed by atoms with van der Waals surface area (Å²) in [6.45, 7) is 7.11. The van der Waals surface area contributed by atoms with Gasteiger partial charge >= 0.3 is 0 Å². The van der Waals surface area contributed by atoms with Gasteiger partial charge in [0.2, 0.25) is 0 Å². The molecule has 0 aromatic heterocycles. The van der Waals surface area contributed by atoms with Crippen LogP contribution in [0.2, 0.25) is 0 Å². The average Bonchev–Trinajstić information content (AvgIpc) is 2.97. The zero-order chi connectivity index (χ0) is 14.2. The van der Waals surface area contributed by atoms with E-state index in [9.17, 15) is 4.79 Å². The molecule has 2 rings (SSSR count). The molecule has 2 heterocycles. The Morgan fingerprint density at radius 3 is 2.75 bits per heavy atom. The summed E-state index contributed by atoms with van der Waals surface area (Å²) in [7, 11) is 0. The first-order chi connectivity index (χ1) is 9.83. The molecule has 114 valence electrons. The van der Waals surface area contributed by atoms with Crippen molar-refractivity contribution in [3.8, 4) is 0 Å². The SMILES string of the molecule is C=CCCCCCC(=O)C1CCCN1C1CCNCC1. The van der Waals surface area contributed by atoms with Crippen LogP contribution in [0.5, 0.6) is 0 Å². The molecule has 2 saturated heterocycles. The molecule has 1 atom stereocenters. The zero-order valence-electron chi connectivity index (χ0n) is 12.8. The number of piperidine rings is 1. The third-order valence-electron chi connectivity index (χ3n) is 4.77. The summed E-state index contributed by atoms with van der Waals surface area (Å²) in [5.41, 5.74) is 0. The number of hydrogen-bond acceptors (Lipinski definition) is 3.